The van der Waals surface area contributed by atoms with Crippen LogP contribution in [0.1, 0.15) is 22.8 Å². The molecule has 17 heavy (non-hydrogen) atoms. The predicted octanol–water partition coefficient (Wildman–Crippen LogP) is 1.69. The number of aromatic hydroxyl groups is 1. The number of amidine groups is 1. The minimum Gasteiger partial charge on any atom is -0.507 e. The summed E-state index contributed by atoms with van der Waals surface area (Å²) in [7, 11) is 0. The van der Waals surface area contributed by atoms with Crippen molar-refractivity contribution in [3.8, 4) is 11.8 Å². The first kappa shape index (κ1) is 13.0. The van der Waals surface area contributed by atoms with Crippen molar-refractivity contribution in [2.75, 3.05) is 5.88 Å². The molecule has 0 heterocycles. The summed E-state index contributed by atoms with van der Waals surface area (Å²) in [4.78, 5) is 15.1. The molecule has 0 aliphatic heterocycles. The second-order valence-corrected chi connectivity index (χ2v) is 3.56. The highest BCUT2D eigenvalue weighted by atomic mass is 35.5. The summed E-state index contributed by atoms with van der Waals surface area (Å²) in [5.74, 6) is -0.435. The second-order valence-electron chi connectivity index (χ2n) is 3.29. The van der Waals surface area contributed by atoms with E-state index in [1.165, 1.54) is 19.1 Å². The van der Waals surface area contributed by atoms with Crippen LogP contribution in [0.4, 0.5) is 5.69 Å². The molecule has 0 bridgehead atoms. The number of ketones is 1. The molecule has 1 aromatic carbocycles. The molecule has 0 spiro atoms. The second kappa shape index (κ2) is 5.32. The van der Waals surface area contributed by atoms with Gasteiger partial charge in [0.05, 0.1) is 22.7 Å². The Labute approximate surface area is 103 Å². The van der Waals surface area contributed by atoms with Gasteiger partial charge in [0.25, 0.3) is 0 Å². The quantitative estimate of drug-likeness (QED) is 0.370. The Hall–Kier alpha value is -2.06. The molecule has 0 radical (unpaired) electrons. The summed E-state index contributed by atoms with van der Waals surface area (Å²) in [6, 6.07) is 4.37. The summed E-state index contributed by atoms with van der Waals surface area (Å²) >= 11 is 5.46. The lowest BCUT2D eigenvalue weighted by molar-refractivity contribution is 0.101. The lowest BCUT2D eigenvalue weighted by Gasteiger charge is -2.04. The number of aliphatic imine (C=N–C) groups is 1. The van der Waals surface area contributed by atoms with E-state index in [1.807, 2.05) is 6.07 Å². The highest BCUT2D eigenvalue weighted by Gasteiger charge is 2.12. The van der Waals surface area contributed by atoms with E-state index in [4.69, 9.17) is 22.6 Å². The Morgan fingerprint density at radius 3 is 2.76 bits per heavy atom. The van der Waals surface area contributed by atoms with Gasteiger partial charge in [0.2, 0.25) is 0 Å². The number of hydrogen-bond donors (Lipinski definition) is 2. The molecule has 0 fully saturated rings. The molecule has 1 aromatic rings. The number of rotatable bonds is 3. The maximum Gasteiger partial charge on any atom is 0.163 e. The topological polar surface area (TPSA) is 99.5 Å². The number of alkyl halides is 1. The van der Waals surface area contributed by atoms with E-state index in [0.717, 1.165) is 0 Å². The molecule has 0 aliphatic rings. The Morgan fingerprint density at radius 1 is 1.65 bits per heavy atom. The minimum atomic E-state index is -0.333. The van der Waals surface area contributed by atoms with Gasteiger partial charge in [-0.05, 0) is 13.0 Å². The molecule has 88 valence electrons. The van der Waals surface area contributed by atoms with Crippen LogP contribution in [0.25, 0.3) is 0 Å². The lowest BCUT2D eigenvalue weighted by Crippen LogP contribution is -2.12. The molecule has 3 N–H and O–H groups in total. The molecule has 1 rings (SSSR count). The van der Waals surface area contributed by atoms with Crippen LogP contribution in [0.3, 0.4) is 0 Å². The van der Waals surface area contributed by atoms with Gasteiger partial charge in [0.1, 0.15) is 17.7 Å². The molecular weight excluding hydrogens is 242 g/mol. The van der Waals surface area contributed by atoms with E-state index in [2.05, 4.69) is 4.99 Å². The Balaban J connectivity index is 3.40. The molecule has 0 aromatic heterocycles. The average Bonchev–Trinajstić information content (AvgIpc) is 2.28. The minimum absolute atomic E-state index is 0.0140. The van der Waals surface area contributed by atoms with E-state index in [0.29, 0.717) is 0 Å². The van der Waals surface area contributed by atoms with Crippen molar-refractivity contribution < 1.29 is 9.90 Å². The first-order chi connectivity index (χ1) is 7.99. The van der Waals surface area contributed by atoms with Crippen LogP contribution >= 0.6 is 11.6 Å². The number of benzene rings is 1. The molecule has 0 saturated heterocycles. The number of halogens is 1. The number of nitrogens with two attached hydrogens (primary N) is 1. The first-order valence-electron chi connectivity index (χ1n) is 4.66. The van der Waals surface area contributed by atoms with E-state index < -0.39 is 0 Å². The van der Waals surface area contributed by atoms with Crippen molar-refractivity contribution in [3.63, 3.8) is 0 Å². The van der Waals surface area contributed by atoms with Crippen molar-refractivity contribution in [2.24, 2.45) is 10.7 Å². The molecule has 0 aliphatic carbocycles. The Bertz CT molecular complexity index is 532. The van der Waals surface area contributed by atoms with Gasteiger partial charge in [-0.1, -0.05) is 0 Å². The fourth-order valence-electron chi connectivity index (χ4n) is 1.23. The number of hydrogen-bond acceptors (Lipinski definition) is 4. The van der Waals surface area contributed by atoms with Crippen LogP contribution in [0.15, 0.2) is 17.1 Å². The van der Waals surface area contributed by atoms with Gasteiger partial charge in [0.15, 0.2) is 5.78 Å². The van der Waals surface area contributed by atoms with Gasteiger partial charge in [0, 0.05) is 6.07 Å². The molecule has 0 amide bonds. The lowest BCUT2D eigenvalue weighted by atomic mass is 10.1. The number of carbonyl (C=O) groups is 1. The smallest absolute Gasteiger partial charge is 0.163 e. The average molecular weight is 252 g/mol. The van der Waals surface area contributed by atoms with Crippen molar-refractivity contribution in [3.05, 3.63) is 23.3 Å². The van der Waals surface area contributed by atoms with E-state index in [9.17, 15) is 9.90 Å². The van der Waals surface area contributed by atoms with Gasteiger partial charge >= 0.3 is 0 Å². The molecule has 5 nitrogen and oxygen atoms in total. The maximum atomic E-state index is 11.2. The van der Waals surface area contributed by atoms with Crippen molar-refractivity contribution in [1.82, 2.24) is 0 Å². The van der Waals surface area contributed by atoms with Crippen molar-refractivity contribution >= 4 is 28.9 Å². The predicted molar refractivity (Wildman–Crippen MR) is 64.8 cm³/mol. The monoisotopic (exact) mass is 251 g/mol. The molecule has 0 unspecified atom stereocenters. The van der Waals surface area contributed by atoms with Crippen LogP contribution in [-0.4, -0.2) is 22.6 Å². The van der Waals surface area contributed by atoms with Crippen molar-refractivity contribution in [1.29, 1.82) is 5.26 Å². The zero-order valence-electron chi connectivity index (χ0n) is 9.07. The molecule has 0 atom stereocenters. The van der Waals surface area contributed by atoms with Gasteiger partial charge < -0.3 is 10.8 Å². The van der Waals surface area contributed by atoms with Crippen LogP contribution in [-0.2, 0) is 0 Å². The number of phenolic OH excluding ortho intramolecular Hbond substituents is 1. The highest BCUT2D eigenvalue weighted by molar-refractivity contribution is 6.28. The van der Waals surface area contributed by atoms with Crippen LogP contribution in [0.5, 0.6) is 5.75 Å². The van der Waals surface area contributed by atoms with E-state index in [1.54, 1.807) is 0 Å². The standard InChI is InChI=1S/C11H10ClN3O2/c1-6(16)8-2-7(5-13)9(3-10(8)17)15-11(14)4-12/h2-3,17H,4H2,1H3,(H2,14,15). The number of Topliss-reactive ketones (excluding diaryl/α,β-unsaturated/α-hetero) is 1. The van der Waals surface area contributed by atoms with Crippen LogP contribution in [0.2, 0.25) is 0 Å². The zero-order valence-corrected chi connectivity index (χ0v) is 9.82. The van der Waals surface area contributed by atoms with E-state index >= 15 is 0 Å². The van der Waals surface area contributed by atoms with Gasteiger partial charge in [-0.25, -0.2) is 4.99 Å². The zero-order chi connectivity index (χ0) is 13.0. The number of carbonyl (C=O) groups excluding carboxylic acids is 1. The fraction of sp³-hybridized carbons (Fsp3) is 0.182. The van der Waals surface area contributed by atoms with Gasteiger partial charge in [-0.15, -0.1) is 11.6 Å². The Kier molecular flexibility index (Phi) is 4.07. The summed E-state index contributed by atoms with van der Waals surface area (Å²) in [5, 5.41) is 18.5. The third-order valence-corrected chi connectivity index (χ3v) is 2.29. The van der Waals surface area contributed by atoms with E-state index in [-0.39, 0.29) is 40.1 Å². The fourth-order valence-corrected chi connectivity index (χ4v) is 1.29. The summed E-state index contributed by atoms with van der Waals surface area (Å²) < 4.78 is 0. The molecule has 6 heteroatoms. The van der Waals surface area contributed by atoms with Gasteiger partial charge in [-0.3, -0.25) is 4.79 Å². The highest BCUT2D eigenvalue weighted by Crippen LogP contribution is 2.28. The largest absolute Gasteiger partial charge is 0.507 e. The SMILES string of the molecule is CC(=O)c1cc(C#N)c(N=C(N)CCl)cc1O. The Morgan fingerprint density at radius 2 is 2.29 bits per heavy atom. The van der Waals surface area contributed by atoms with Gasteiger partial charge in [-0.2, -0.15) is 5.26 Å². The first-order valence-corrected chi connectivity index (χ1v) is 5.20. The molecular formula is C11H10ClN3O2. The maximum absolute atomic E-state index is 11.2. The third-order valence-electron chi connectivity index (χ3n) is 2.01. The molecule has 0 saturated carbocycles. The number of nitrogens with zero attached hydrogens (tertiary/aromatic N) is 2. The number of phenols is 1. The van der Waals surface area contributed by atoms with Crippen molar-refractivity contribution in [2.45, 2.75) is 6.92 Å². The number of nitriles is 1. The summed E-state index contributed by atoms with van der Waals surface area (Å²) in [6.07, 6.45) is 0. The summed E-state index contributed by atoms with van der Waals surface area (Å²) in [6.45, 7) is 1.30. The van der Waals surface area contributed by atoms with Crippen LogP contribution < -0.4 is 5.73 Å². The summed E-state index contributed by atoms with van der Waals surface area (Å²) in [5.41, 5.74) is 5.85. The normalized spacial score (nSPS) is 11.0. The van der Waals surface area contributed by atoms with Crippen LogP contribution in [0, 0.1) is 11.3 Å². The third kappa shape index (κ3) is 2.95.